The van der Waals surface area contributed by atoms with Crippen molar-refractivity contribution in [3.8, 4) is 11.8 Å². The zero-order chi connectivity index (χ0) is 16.9. The molecule has 1 atom stereocenters. The van der Waals surface area contributed by atoms with E-state index in [1.807, 2.05) is 60.7 Å². The Morgan fingerprint density at radius 2 is 1.54 bits per heavy atom. The van der Waals surface area contributed by atoms with E-state index >= 15 is 0 Å². The van der Waals surface area contributed by atoms with Crippen molar-refractivity contribution in [1.29, 1.82) is 0 Å². The second-order valence-electron chi connectivity index (χ2n) is 5.47. The standard InChI is InChI=1S/C21H18O3/c1-2-24-18(23)14-13-17(22)21-19(15-9-5-3-6-10-15)20(21)16-11-7-4-8-12-16/h3-12,17,21-22H,2H2,1H3. The van der Waals surface area contributed by atoms with Crippen LogP contribution in [-0.2, 0) is 9.53 Å². The summed E-state index contributed by atoms with van der Waals surface area (Å²) >= 11 is 0. The number of ether oxygens (including phenoxy) is 1. The van der Waals surface area contributed by atoms with Gasteiger partial charge in [-0.15, -0.1) is 0 Å². The first kappa shape index (κ1) is 16.0. The molecule has 0 aromatic heterocycles. The van der Waals surface area contributed by atoms with Gasteiger partial charge in [-0.05, 0) is 29.2 Å². The third kappa shape index (κ3) is 3.40. The molecular weight excluding hydrogens is 300 g/mol. The molecule has 1 unspecified atom stereocenters. The summed E-state index contributed by atoms with van der Waals surface area (Å²) in [6.45, 7) is 2.00. The Morgan fingerprint density at radius 3 is 2.00 bits per heavy atom. The van der Waals surface area contributed by atoms with E-state index in [-0.39, 0.29) is 12.5 Å². The molecule has 0 spiro atoms. The third-order valence-corrected chi connectivity index (χ3v) is 3.91. The minimum atomic E-state index is -0.931. The topological polar surface area (TPSA) is 46.5 Å². The van der Waals surface area contributed by atoms with E-state index in [9.17, 15) is 9.90 Å². The second-order valence-corrected chi connectivity index (χ2v) is 5.47. The van der Waals surface area contributed by atoms with E-state index in [1.54, 1.807) is 6.92 Å². The lowest BCUT2D eigenvalue weighted by atomic mass is 10.0. The van der Waals surface area contributed by atoms with Crippen molar-refractivity contribution in [2.24, 2.45) is 5.92 Å². The lowest BCUT2D eigenvalue weighted by Gasteiger charge is -2.05. The van der Waals surface area contributed by atoms with E-state index in [0.717, 1.165) is 22.3 Å². The van der Waals surface area contributed by atoms with Gasteiger partial charge in [0.2, 0.25) is 0 Å². The van der Waals surface area contributed by atoms with Crippen LogP contribution >= 0.6 is 0 Å². The van der Waals surface area contributed by atoms with Gasteiger partial charge in [-0.2, -0.15) is 0 Å². The number of hydrogen-bond donors (Lipinski definition) is 1. The largest absolute Gasteiger partial charge is 0.456 e. The summed E-state index contributed by atoms with van der Waals surface area (Å²) in [5.74, 6) is 4.18. The molecule has 0 bridgehead atoms. The van der Waals surface area contributed by atoms with Crippen molar-refractivity contribution >= 4 is 17.1 Å². The first-order valence-corrected chi connectivity index (χ1v) is 7.93. The monoisotopic (exact) mass is 318 g/mol. The van der Waals surface area contributed by atoms with Crippen molar-refractivity contribution in [3.05, 3.63) is 71.8 Å². The fourth-order valence-electron chi connectivity index (χ4n) is 2.84. The molecule has 0 amide bonds. The molecule has 120 valence electrons. The van der Waals surface area contributed by atoms with Gasteiger partial charge in [-0.1, -0.05) is 66.6 Å². The number of carbonyl (C=O) groups excluding carboxylic acids is 1. The molecule has 2 aromatic rings. The summed E-state index contributed by atoms with van der Waals surface area (Å²) in [7, 11) is 0. The van der Waals surface area contributed by atoms with Crippen LogP contribution in [0.2, 0.25) is 0 Å². The molecular formula is C21H18O3. The van der Waals surface area contributed by atoms with Gasteiger partial charge in [-0.25, -0.2) is 4.79 Å². The number of aliphatic hydroxyl groups excluding tert-OH is 1. The lowest BCUT2D eigenvalue weighted by molar-refractivity contribution is -0.136. The Labute approximate surface area is 141 Å². The summed E-state index contributed by atoms with van der Waals surface area (Å²) in [6, 6.07) is 19.9. The van der Waals surface area contributed by atoms with Crippen LogP contribution in [0.1, 0.15) is 18.1 Å². The summed E-state index contributed by atoms with van der Waals surface area (Å²) in [6.07, 6.45) is -0.931. The molecule has 3 heteroatoms. The molecule has 1 N–H and O–H groups in total. The normalized spacial score (nSPS) is 14.6. The predicted molar refractivity (Wildman–Crippen MR) is 93.6 cm³/mol. The van der Waals surface area contributed by atoms with Gasteiger partial charge >= 0.3 is 5.97 Å². The molecule has 0 heterocycles. The van der Waals surface area contributed by atoms with Crippen LogP contribution < -0.4 is 0 Å². The van der Waals surface area contributed by atoms with E-state index in [4.69, 9.17) is 4.74 Å². The number of esters is 1. The van der Waals surface area contributed by atoms with Gasteiger partial charge in [-0.3, -0.25) is 0 Å². The highest BCUT2D eigenvalue weighted by atomic mass is 16.5. The van der Waals surface area contributed by atoms with Crippen LogP contribution in [-0.4, -0.2) is 23.8 Å². The molecule has 0 radical (unpaired) electrons. The molecule has 1 aliphatic rings. The number of hydrogen-bond acceptors (Lipinski definition) is 3. The van der Waals surface area contributed by atoms with Crippen molar-refractivity contribution in [3.63, 3.8) is 0 Å². The van der Waals surface area contributed by atoms with Gasteiger partial charge in [0.1, 0.15) is 6.10 Å². The number of rotatable bonds is 4. The smallest absolute Gasteiger partial charge is 0.384 e. The first-order chi connectivity index (χ1) is 11.7. The summed E-state index contributed by atoms with van der Waals surface area (Å²) in [5, 5.41) is 10.4. The van der Waals surface area contributed by atoms with Gasteiger partial charge < -0.3 is 9.84 Å². The zero-order valence-corrected chi connectivity index (χ0v) is 13.4. The molecule has 2 aromatic carbocycles. The highest BCUT2D eigenvalue weighted by Crippen LogP contribution is 2.54. The van der Waals surface area contributed by atoms with E-state index < -0.39 is 12.1 Å². The summed E-state index contributed by atoms with van der Waals surface area (Å²) in [4.78, 5) is 11.4. The lowest BCUT2D eigenvalue weighted by Crippen LogP contribution is -2.11. The fourth-order valence-corrected chi connectivity index (χ4v) is 2.84. The number of aliphatic hydroxyl groups is 1. The Hall–Kier alpha value is -2.83. The molecule has 0 saturated carbocycles. The molecule has 24 heavy (non-hydrogen) atoms. The van der Waals surface area contributed by atoms with Crippen LogP contribution in [0.4, 0.5) is 0 Å². The molecule has 0 saturated heterocycles. The summed E-state index contributed by atoms with van der Waals surface area (Å²) in [5.41, 5.74) is 4.29. The van der Waals surface area contributed by atoms with Gasteiger partial charge in [0.15, 0.2) is 0 Å². The maximum atomic E-state index is 11.4. The molecule has 3 rings (SSSR count). The van der Waals surface area contributed by atoms with Crippen molar-refractivity contribution in [2.45, 2.75) is 13.0 Å². The minimum absolute atomic E-state index is 0.184. The van der Waals surface area contributed by atoms with Gasteiger partial charge in [0.05, 0.1) is 6.61 Å². The maximum absolute atomic E-state index is 11.4. The Bertz CT molecular complexity index is 761. The van der Waals surface area contributed by atoms with E-state index in [0.29, 0.717) is 0 Å². The number of carbonyl (C=O) groups is 1. The second kappa shape index (κ2) is 7.16. The highest BCUT2D eigenvalue weighted by molar-refractivity contribution is 6.11. The Morgan fingerprint density at radius 1 is 1.04 bits per heavy atom. The fraction of sp³-hybridized carbons (Fsp3) is 0.190. The van der Waals surface area contributed by atoms with Crippen LogP contribution in [0.15, 0.2) is 60.7 Å². The van der Waals surface area contributed by atoms with Gasteiger partial charge in [0.25, 0.3) is 0 Å². The average Bonchev–Trinajstić information content (AvgIpc) is 3.37. The van der Waals surface area contributed by atoms with Crippen LogP contribution in [0.3, 0.4) is 0 Å². The van der Waals surface area contributed by atoms with Crippen LogP contribution in [0.25, 0.3) is 11.1 Å². The van der Waals surface area contributed by atoms with Crippen LogP contribution in [0.5, 0.6) is 0 Å². The number of benzene rings is 2. The molecule has 0 fully saturated rings. The molecule has 1 aliphatic carbocycles. The third-order valence-electron chi connectivity index (χ3n) is 3.91. The van der Waals surface area contributed by atoms with Gasteiger partial charge in [0, 0.05) is 11.8 Å². The highest BCUT2D eigenvalue weighted by Gasteiger charge is 2.42. The van der Waals surface area contributed by atoms with Crippen molar-refractivity contribution in [2.75, 3.05) is 6.61 Å². The molecule has 3 nitrogen and oxygen atoms in total. The Kier molecular flexibility index (Phi) is 4.79. The van der Waals surface area contributed by atoms with Crippen molar-refractivity contribution < 1.29 is 14.6 Å². The predicted octanol–water partition coefficient (Wildman–Crippen LogP) is 3.15. The quantitative estimate of drug-likeness (QED) is 0.535. The summed E-state index contributed by atoms with van der Waals surface area (Å²) < 4.78 is 4.78. The molecule has 0 aliphatic heterocycles. The van der Waals surface area contributed by atoms with Crippen LogP contribution in [0, 0.1) is 17.8 Å². The zero-order valence-electron chi connectivity index (χ0n) is 13.4. The SMILES string of the molecule is CCOC(=O)C#CC(O)C1C(c2ccccc2)=C1c1ccccc1. The Balaban J connectivity index is 1.87. The van der Waals surface area contributed by atoms with E-state index in [1.165, 1.54) is 0 Å². The average molecular weight is 318 g/mol. The first-order valence-electron chi connectivity index (χ1n) is 7.93. The van der Waals surface area contributed by atoms with E-state index in [2.05, 4.69) is 11.8 Å². The minimum Gasteiger partial charge on any atom is -0.456 e. The maximum Gasteiger partial charge on any atom is 0.384 e. The van der Waals surface area contributed by atoms with Crippen molar-refractivity contribution in [1.82, 2.24) is 0 Å².